The van der Waals surface area contributed by atoms with Gasteiger partial charge in [-0.25, -0.2) is 13.8 Å². The Kier molecular flexibility index (Phi) is 4.99. The quantitative estimate of drug-likeness (QED) is 0.410. The zero-order valence-corrected chi connectivity index (χ0v) is 17.4. The third-order valence-corrected chi connectivity index (χ3v) is 5.21. The molecule has 1 N–H and O–H groups in total. The summed E-state index contributed by atoms with van der Waals surface area (Å²) in [6, 6.07) is 9.94. The van der Waals surface area contributed by atoms with Gasteiger partial charge in [0.2, 0.25) is 0 Å². The molecule has 5 rings (SSSR count). The van der Waals surface area contributed by atoms with Crippen molar-refractivity contribution in [3.63, 3.8) is 0 Å². The second-order valence-corrected chi connectivity index (χ2v) is 7.78. The van der Waals surface area contributed by atoms with Crippen LogP contribution in [0.5, 0.6) is 0 Å². The van der Waals surface area contributed by atoms with Crippen LogP contribution in [0.1, 0.15) is 5.56 Å². The molecule has 0 saturated carbocycles. The molecule has 0 unspecified atom stereocenters. The van der Waals surface area contributed by atoms with Gasteiger partial charge in [-0.2, -0.15) is 0 Å². The number of nitrogens with one attached hydrogen (secondary N) is 1. The second kappa shape index (κ2) is 7.97. The van der Waals surface area contributed by atoms with Crippen molar-refractivity contribution in [2.24, 2.45) is 0 Å². The van der Waals surface area contributed by atoms with Gasteiger partial charge in [-0.15, -0.1) is 0 Å². The van der Waals surface area contributed by atoms with Gasteiger partial charge in [0.15, 0.2) is 17.4 Å². The number of hydrogen-bond donors (Lipinski definition) is 1. The molecule has 0 bridgehead atoms. The van der Waals surface area contributed by atoms with Gasteiger partial charge in [0.25, 0.3) is 0 Å². The minimum absolute atomic E-state index is 0.0814. The number of pyridine rings is 2. The minimum Gasteiger partial charge on any atom is -0.356 e. The molecule has 1 aromatic carbocycles. The van der Waals surface area contributed by atoms with Crippen molar-refractivity contribution in [2.75, 3.05) is 14.1 Å². The van der Waals surface area contributed by atoms with E-state index in [0.29, 0.717) is 22.5 Å². The number of nitrogens with zero attached hydrogens (tertiary/aromatic N) is 4. The predicted molar refractivity (Wildman–Crippen MR) is 118 cm³/mol. The summed E-state index contributed by atoms with van der Waals surface area (Å²) in [5.41, 5.74) is 4.44. The number of fused-ring (bicyclic) bond motifs is 1. The van der Waals surface area contributed by atoms with E-state index in [-0.39, 0.29) is 5.56 Å². The fourth-order valence-corrected chi connectivity index (χ4v) is 3.72. The first-order chi connectivity index (χ1) is 15.5. The van der Waals surface area contributed by atoms with Gasteiger partial charge >= 0.3 is 0 Å². The maximum atomic E-state index is 14.4. The molecule has 32 heavy (non-hydrogen) atoms. The lowest BCUT2D eigenvalue weighted by atomic mass is 10.0. The summed E-state index contributed by atoms with van der Waals surface area (Å²) in [5.74, 6) is -1.55. The van der Waals surface area contributed by atoms with E-state index in [1.54, 1.807) is 12.4 Å². The van der Waals surface area contributed by atoms with Gasteiger partial charge in [-0.05, 0) is 37.9 Å². The lowest BCUT2D eigenvalue weighted by Crippen LogP contribution is -2.10. The molecule has 0 aliphatic rings. The van der Waals surface area contributed by atoms with E-state index < -0.39 is 11.6 Å². The molecule has 0 atom stereocenters. The highest BCUT2D eigenvalue weighted by atomic mass is 19.2. The van der Waals surface area contributed by atoms with Crippen molar-refractivity contribution < 1.29 is 13.3 Å². The minimum atomic E-state index is -0.947. The highest BCUT2D eigenvalue weighted by Gasteiger charge is 2.21. The van der Waals surface area contributed by atoms with E-state index in [0.717, 1.165) is 34.8 Å². The molecule has 8 heteroatoms. The Morgan fingerprint density at radius 1 is 0.969 bits per heavy atom. The Morgan fingerprint density at radius 3 is 2.62 bits per heavy atom. The maximum Gasteiger partial charge on any atom is 0.176 e. The zero-order chi connectivity index (χ0) is 22.2. The van der Waals surface area contributed by atoms with Crippen molar-refractivity contribution in [1.82, 2.24) is 25.0 Å². The summed E-state index contributed by atoms with van der Waals surface area (Å²) in [7, 11) is 4.01. The van der Waals surface area contributed by atoms with Crippen LogP contribution in [0.4, 0.5) is 8.78 Å². The number of benzene rings is 1. The van der Waals surface area contributed by atoms with E-state index in [4.69, 9.17) is 4.52 Å². The molecule has 160 valence electrons. The summed E-state index contributed by atoms with van der Waals surface area (Å²) in [6.07, 6.45) is 6.69. The standard InChI is InChI=1S/C24H19F2N5O/c1-31(2)13-14-6-7-21(27-9-14)15-8-17-18(11-29-24(17)28-10-15)23-19(12-30-32-23)16-4-3-5-20(25)22(16)26/h3-12H,13H2,1-2H3,(H,28,29). The molecular formula is C24H19F2N5O. The largest absolute Gasteiger partial charge is 0.356 e. The van der Waals surface area contributed by atoms with Gasteiger partial charge in [0, 0.05) is 47.2 Å². The van der Waals surface area contributed by atoms with E-state index >= 15 is 0 Å². The highest BCUT2D eigenvalue weighted by molar-refractivity contribution is 5.97. The van der Waals surface area contributed by atoms with Crippen molar-refractivity contribution in [1.29, 1.82) is 0 Å². The molecule has 4 aromatic heterocycles. The van der Waals surface area contributed by atoms with Crippen LogP contribution in [0.25, 0.3) is 44.7 Å². The number of aromatic amines is 1. The monoisotopic (exact) mass is 431 g/mol. The van der Waals surface area contributed by atoms with Crippen molar-refractivity contribution >= 4 is 11.0 Å². The highest BCUT2D eigenvalue weighted by Crippen LogP contribution is 2.38. The fourth-order valence-electron chi connectivity index (χ4n) is 3.72. The average Bonchev–Trinajstić information content (AvgIpc) is 3.42. The van der Waals surface area contributed by atoms with Crippen molar-refractivity contribution in [3.05, 3.63) is 78.4 Å². The van der Waals surface area contributed by atoms with E-state index in [9.17, 15) is 8.78 Å². The van der Waals surface area contributed by atoms with Crippen LogP contribution in [0.15, 0.2) is 65.7 Å². The molecule has 4 heterocycles. The van der Waals surface area contributed by atoms with Crippen LogP contribution in [-0.2, 0) is 6.54 Å². The van der Waals surface area contributed by atoms with Gasteiger partial charge < -0.3 is 14.4 Å². The number of hydrogen-bond acceptors (Lipinski definition) is 5. The summed E-state index contributed by atoms with van der Waals surface area (Å²) in [5, 5.41) is 4.59. The first-order valence-electron chi connectivity index (χ1n) is 9.98. The smallest absolute Gasteiger partial charge is 0.176 e. The lowest BCUT2D eigenvalue weighted by molar-refractivity contribution is 0.402. The molecular weight excluding hydrogens is 412 g/mol. The molecule has 0 radical (unpaired) electrons. The summed E-state index contributed by atoms with van der Waals surface area (Å²) < 4.78 is 33.7. The predicted octanol–water partition coefficient (Wildman–Crippen LogP) is 5.29. The molecule has 0 fully saturated rings. The average molecular weight is 431 g/mol. The maximum absolute atomic E-state index is 14.4. The van der Waals surface area contributed by atoms with E-state index in [1.807, 2.05) is 38.5 Å². The molecule has 0 saturated heterocycles. The fraction of sp³-hybridized carbons (Fsp3) is 0.125. The van der Waals surface area contributed by atoms with Crippen molar-refractivity contribution in [2.45, 2.75) is 6.54 Å². The molecule has 6 nitrogen and oxygen atoms in total. The van der Waals surface area contributed by atoms with E-state index in [2.05, 4.69) is 25.0 Å². The molecule has 0 aliphatic carbocycles. The van der Waals surface area contributed by atoms with Crippen LogP contribution in [0.3, 0.4) is 0 Å². The van der Waals surface area contributed by atoms with Crippen LogP contribution in [-0.4, -0.2) is 39.1 Å². The SMILES string of the molecule is CN(C)Cc1ccc(-c2cnc3[nH]cc(-c4oncc4-c4cccc(F)c4F)c3c2)nc1. The Balaban J connectivity index is 1.58. The number of H-pyrrole nitrogens is 1. The molecule has 5 aromatic rings. The molecule has 0 aliphatic heterocycles. The van der Waals surface area contributed by atoms with Crippen LogP contribution in [0.2, 0.25) is 0 Å². The number of halogens is 2. The van der Waals surface area contributed by atoms with Gasteiger partial charge in [0.05, 0.1) is 17.5 Å². The van der Waals surface area contributed by atoms with Crippen molar-refractivity contribution in [3.8, 4) is 33.7 Å². The Labute approximate surface area is 182 Å². The van der Waals surface area contributed by atoms with Gasteiger partial charge in [0.1, 0.15) is 5.65 Å². The summed E-state index contributed by atoms with van der Waals surface area (Å²) in [6.45, 7) is 0.803. The Hall–Kier alpha value is -3.91. The zero-order valence-electron chi connectivity index (χ0n) is 17.4. The number of aromatic nitrogens is 4. The third-order valence-electron chi connectivity index (χ3n) is 5.21. The normalized spacial score (nSPS) is 11.5. The van der Waals surface area contributed by atoms with E-state index in [1.165, 1.54) is 18.3 Å². The first-order valence-corrected chi connectivity index (χ1v) is 9.98. The lowest BCUT2D eigenvalue weighted by Gasteiger charge is -2.09. The van der Waals surface area contributed by atoms with Crippen LogP contribution in [0, 0.1) is 11.6 Å². The topological polar surface area (TPSA) is 70.8 Å². The van der Waals surface area contributed by atoms with Gasteiger partial charge in [-0.3, -0.25) is 4.98 Å². The first kappa shape index (κ1) is 20.0. The van der Waals surface area contributed by atoms with Gasteiger partial charge in [-0.1, -0.05) is 23.4 Å². The number of rotatable bonds is 5. The Bertz CT molecular complexity index is 1410. The molecule has 0 amide bonds. The Morgan fingerprint density at radius 2 is 1.84 bits per heavy atom. The third kappa shape index (κ3) is 3.54. The second-order valence-electron chi connectivity index (χ2n) is 7.78. The summed E-state index contributed by atoms with van der Waals surface area (Å²) in [4.78, 5) is 14.2. The molecule has 0 spiro atoms. The summed E-state index contributed by atoms with van der Waals surface area (Å²) >= 11 is 0. The van der Waals surface area contributed by atoms with Crippen LogP contribution < -0.4 is 0 Å². The van der Waals surface area contributed by atoms with Crippen LogP contribution >= 0.6 is 0 Å².